The first-order valence-electron chi connectivity index (χ1n) is 6.94. The van der Waals surface area contributed by atoms with Crippen LogP contribution in [0.15, 0.2) is 28.7 Å². The van der Waals surface area contributed by atoms with Gasteiger partial charge in [-0.3, -0.25) is 4.79 Å². The zero-order chi connectivity index (χ0) is 13.7. The molecule has 1 aromatic rings. The summed E-state index contributed by atoms with van der Waals surface area (Å²) in [6.07, 6.45) is 4.84. The first-order valence-corrected chi connectivity index (χ1v) is 7.74. The molecule has 19 heavy (non-hydrogen) atoms. The van der Waals surface area contributed by atoms with Crippen LogP contribution in [-0.4, -0.2) is 29.9 Å². The molecule has 1 unspecified atom stereocenters. The van der Waals surface area contributed by atoms with Crippen LogP contribution < -0.4 is 5.73 Å². The Labute approximate surface area is 123 Å². The van der Waals surface area contributed by atoms with Gasteiger partial charge in [0.25, 0.3) is 0 Å². The van der Waals surface area contributed by atoms with E-state index in [-0.39, 0.29) is 5.91 Å². The number of hydrogen-bond acceptors (Lipinski definition) is 2. The van der Waals surface area contributed by atoms with Gasteiger partial charge in [0.15, 0.2) is 0 Å². The molecule has 1 amide bonds. The van der Waals surface area contributed by atoms with Crippen molar-refractivity contribution in [1.29, 1.82) is 0 Å². The first-order chi connectivity index (χ1) is 9.20. The molecule has 0 aliphatic carbocycles. The van der Waals surface area contributed by atoms with Crippen molar-refractivity contribution in [3.8, 4) is 0 Å². The molecule has 1 fully saturated rings. The summed E-state index contributed by atoms with van der Waals surface area (Å²) in [6.45, 7) is 1.54. The Bertz CT molecular complexity index is 434. The fraction of sp³-hybridized carbons (Fsp3) is 0.533. The summed E-state index contributed by atoms with van der Waals surface area (Å²) in [5.74, 6) is 0.233. The molecular formula is C15H21BrN2O. The van der Waals surface area contributed by atoms with Crippen LogP contribution in [0.2, 0.25) is 0 Å². The van der Waals surface area contributed by atoms with Crippen LogP contribution in [0.1, 0.15) is 31.2 Å². The van der Waals surface area contributed by atoms with E-state index in [1.54, 1.807) is 0 Å². The van der Waals surface area contributed by atoms with Gasteiger partial charge in [-0.2, -0.15) is 0 Å². The van der Waals surface area contributed by atoms with E-state index in [0.29, 0.717) is 19.0 Å². The van der Waals surface area contributed by atoms with E-state index in [4.69, 9.17) is 5.73 Å². The van der Waals surface area contributed by atoms with Crippen LogP contribution in [0.5, 0.6) is 0 Å². The van der Waals surface area contributed by atoms with Gasteiger partial charge >= 0.3 is 0 Å². The van der Waals surface area contributed by atoms with Crippen molar-refractivity contribution in [2.45, 2.75) is 38.1 Å². The fourth-order valence-corrected chi connectivity index (χ4v) is 3.19. The molecule has 1 aromatic carbocycles. The predicted octanol–water partition coefficient (Wildman–Crippen LogP) is 2.72. The number of piperidine rings is 1. The van der Waals surface area contributed by atoms with Gasteiger partial charge in [-0.1, -0.05) is 28.1 Å². The maximum Gasteiger partial charge on any atom is 0.227 e. The Morgan fingerprint density at radius 2 is 2.26 bits per heavy atom. The third-order valence-corrected chi connectivity index (χ3v) is 4.19. The van der Waals surface area contributed by atoms with Gasteiger partial charge in [0.1, 0.15) is 0 Å². The lowest BCUT2D eigenvalue weighted by Crippen LogP contribution is -2.45. The van der Waals surface area contributed by atoms with Gasteiger partial charge in [0, 0.05) is 17.1 Å². The van der Waals surface area contributed by atoms with Crippen molar-refractivity contribution in [3.05, 3.63) is 34.3 Å². The molecule has 0 aromatic heterocycles. The van der Waals surface area contributed by atoms with Crippen molar-refractivity contribution >= 4 is 21.8 Å². The van der Waals surface area contributed by atoms with E-state index in [0.717, 1.165) is 35.8 Å². The Morgan fingerprint density at radius 1 is 1.42 bits per heavy atom. The standard InChI is InChI=1S/C15H21BrN2O/c16-13-5-3-4-12(10-13)11-15(19)18-9-2-1-6-14(18)7-8-17/h3-5,10,14H,1-2,6-9,11,17H2. The Kier molecular flexibility index (Phi) is 5.40. The number of nitrogens with two attached hydrogens (primary N) is 1. The van der Waals surface area contributed by atoms with Crippen molar-refractivity contribution in [3.63, 3.8) is 0 Å². The van der Waals surface area contributed by atoms with Gasteiger partial charge < -0.3 is 10.6 Å². The molecule has 3 nitrogen and oxygen atoms in total. The fourth-order valence-electron chi connectivity index (χ4n) is 2.74. The highest BCUT2D eigenvalue weighted by Crippen LogP contribution is 2.21. The van der Waals surface area contributed by atoms with Crippen molar-refractivity contribution in [2.75, 3.05) is 13.1 Å². The Balaban J connectivity index is 2.01. The third kappa shape index (κ3) is 4.05. The number of carbonyl (C=O) groups excluding carboxylic acids is 1. The molecule has 2 N–H and O–H groups in total. The molecule has 0 bridgehead atoms. The minimum absolute atomic E-state index is 0.233. The zero-order valence-corrected chi connectivity index (χ0v) is 12.7. The first kappa shape index (κ1) is 14.5. The lowest BCUT2D eigenvalue weighted by molar-refractivity contribution is -0.134. The SMILES string of the molecule is NCCC1CCCCN1C(=O)Cc1cccc(Br)c1. The van der Waals surface area contributed by atoms with Crippen LogP contribution in [-0.2, 0) is 11.2 Å². The third-order valence-electron chi connectivity index (χ3n) is 3.69. The van der Waals surface area contributed by atoms with E-state index in [9.17, 15) is 4.79 Å². The number of halogens is 1. The second kappa shape index (κ2) is 7.06. The van der Waals surface area contributed by atoms with Crippen LogP contribution >= 0.6 is 15.9 Å². The topological polar surface area (TPSA) is 46.3 Å². The summed E-state index contributed by atoms with van der Waals surface area (Å²) in [7, 11) is 0. The molecule has 0 saturated carbocycles. The largest absolute Gasteiger partial charge is 0.339 e. The maximum atomic E-state index is 12.4. The summed E-state index contributed by atoms with van der Waals surface area (Å²) < 4.78 is 1.02. The highest BCUT2D eigenvalue weighted by molar-refractivity contribution is 9.10. The summed E-state index contributed by atoms with van der Waals surface area (Å²) in [6, 6.07) is 8.31. The lowest BCUT2D eigenvalue weighted by Gasteiger charge is -2.35. The van der Waals surface area contributed by atoms with E-state index < -0.39 is 0 Å². The highest BCUT2D eigenvalue weighted by atomic mass is 79.9. The predicted molar refractivity (Wildman–Crippen MR) is 80.9 cm³/mol. The van der Waals surface area contributed by atoms with Crippen LogP contribution in [0, 0.1) is 0 Å². The number of hydrogen-bond donors (Lipinski definition) is 1. The summed E-state index contributed by atoms with van der Waals surface area (Å²) >= 11 is 3.44. The van der Waals surface area contributed by atoms with Crippen molar-refractivity contribution in [1.82, 2.24) is 4.90 Å². The normalized spacial score (nSPS) is 19.5. The van der Waals surface area contributed by atoms with Gasteiger partial charge in [-0.05, 0) is 49.9 Å². The zero-order valence-electron chi connectivity index (χ0n) is 11.1. The van der Waals surface area contributed by atoms with Gasteiger partial charge in [-0.25, -0.2) is 0 Å². The molecule has 1 atom stereocenters. The van der Waals surface area contributed by atoms with E-state index in [1.807, 2.05) is 29.2 Å². The van der Waals surface area contributed by atoms with Gasteiger partial charge in [0.2, 0.25) is 5.91 Å². The molecule has 1 aliphatic rings. The average Bonchev–Trinajstić information content (AvgIpc) is 2.39. The average molecular weight is 325 g/mol. The van der Waals surface area contributed by atoms with E-state index in [2.05, 4.69) is 15.9 Å². The Morgan fingerprint density at radius 3 is 3.00 bits per heavy atom. The maximum absolute atomic E-state index is 12.4. The number of rotatable bonds is 4. The van der Waals surface area contributed by atoms with Crippen LogP contribution in [0.25, 0.3) is 0 Å². The molecule has 2 rings (SSSR count). The van der Waals surface area contributed by atoms with Crippen LogP contribution in [0.3, 0.4) is 0 Å². The molecule has 0 radical (unpaired) electrons. The van der Waals surface area contributed by atoms with Crippen molar-refractivity contribution in [2.24, 2.45) is 5.73 Å². The molecule has 0 spiro atoms. The second-order valence-corrected chi connectivity index (χ2v) is 6.04. The second-order valence-electron chi connectivity index (χ2n) is 5.12. The number of amides is 1. The lowest BCUT2D eigenvalue weighted by atomic mass is 9.98. The minimum Gasteiger partial charge on any atom is -0.339 e. The quantitative estimate of drug-likeness (QED) is 0.925. The molecule has 1 heterocycles. The molecule has 4 heteroatoms. The Hall–Kier alpha value is -0.870. The highest BCUT2D eigenvalue weighted by Gasteiger charge is 2.25. The number of nitrogens with zero attached hydrogens (tertiary/aromatic N) is 1. The summed E-state index contributed by atoms with van der Waals surface area (Å²) in [5.41, 5.74) is 6.72. The number of carbonyl (C=O) groups is 1. The molecule has 1 aliphatic heterocycles. The summed E-state index contributed by atoms with van der Waals surface area (Å²) in [5, 5.41) is 0. The van der Waals surface area contributed by atoms with Crippen molar-refractivity contribution < 1.29 is 4.79 Å². The van der Waals surface area contributed by atoms with Gasteiger partial charge in [0.05, 0.1) is 6.42 Å². The van der Waals surface area contributed by atoms with E-state index in [1.165, 1.54) is 6.42 Å². The van der Waals surface area contributed by atoms with E-state index >= 15 is 0 Å². The summed E-state index contributed by atoms with van der Waals surface area (Å²) in [4.78, 5) is 14.5. The molecule has 104 valence electrons. The monoisotopic (exact) mass is 324 g/mol. The number of benzene rings is 1. The minimum atomic E-state index is 0.233. The smallest absolute Gasteiger partial charge is 0.227 e. The van der Waals surface area contributed by atoms with Gasteiger partial charge in [-0.15, -0.1) is 0 Å². The molecule has 1 saturated heterocycles. The molecular weight excluding hydrogens is 304 g/mol. The number of likely N-dealkylation sites (tertiary alicyclic amines) is 1. The van der Waals surface area contributed by atoms with Crippen LogP contribution in [0.4, 0.5) is 0 Å².